The van der Waals surface area contributed by atoms with Crippen molar-refractivity contribution < 1.29 is 9.59 Å². The van der Waals surface area contributed by atoms with Crippen LogP contribution in [0.25, 0.3) is 0 Å². The van der Waals surface area contributed by atoms with Gasteiger partial charge >= 0.3 is 11.8 Å². The second-order valence-electron chi connectivity index (χ2n) is 5.64. The first kappa shape index (κ1) is 17.0. The van der Waals surface area contributed by atoms with Gasteiger partial charge in [0.1, 0.15) is 0 Å². The summed E-state index contributed by atoms with van der Waals surface area (Å²) in [6.07, 6.45) is 0. The third-order valence-electron chi connectivity index (χ3n) is 3.48. The lowest BCUT2D eigenvalue weighted by Crippen LogP contribution is -2.29. The fourth-order valence-electron chi connectivity index (χ4n) is 2.09. The lowest BCUT2D eigenvalue weighted by atomic mass is 10.0. The Hall–Kier alpha value is -2.33. The fourth-order valence-corrected chi connectivity index (χ4v) is 2.31. The van der Waals surface area contributed by atoms with Crippen molar-refractivity contribution in [2.45, 2.75) is 26.7 Å². The molecule has 120 valence electrons. The van der Waals surface area contributed by atoms with Crippen LogP contribution in [0.2, 0.25) is 5.02 Å². The molecule has 0 aliphatic rings. The molecule has 0 bridgehead atoms. The minimum absolute atomic E-state index is 0.413. The molecule has 0 heterocycles. The van der Waals surface area contributed by atoms with E-state index in [2.05, 4.69) is 24.5 Å². The normalized spacial score (nSPS) is 10.5. The van der Waals surface area contributed by atoms with E-state index in [1.807, 2.05) is 19.1 Å². The Morgan fingerprint density at radius 3 is 2.13 bits per heavy atom. The van der Waals surface area contributed by atoms with Gasteiger partial charge in [-0.2, -0.15) is 0 Å². The number of benzene rings is 2. The Bertz CT molecular complexity index is 724. The highest BCUT2D eigenvalue weighted by Gasteiger charge is 2.15. The summed E-state index contributed by atoms with van der Waals surface area (Å²) in [6.45, 7) is 6.00. The molecule has 0 unspecified atom stereocenters. The summed E-state index contributed by atoms with van der Waals surface area (Å²) in [7, 11) is 0. The summed E-state index contributed by atoms with van der Waals surface area (Å²) < 4.78 is 0. The number of nitrogens with one attached hydrogen (secondary N) is 2. The molecule has 2 aromatic carbocycles. The second kappa shape index (κ2) is 7.29. The number of hydrogen-bond acceptors (Lipinski definition) is 2. The average Bonchev–Trinajstić information content (AvgIpc) is 2.50. The quantitative estimate of drug-likeness (QED) is 0.822. The van der Waals surface area contributed by atoms with Gasteiger partial charge in [0, 0.05) is 16.4 Å². The maximum absolute atomic E-state index is 12.0. The SMILES string of the molecule is Cc1cc(Cl)ccc1NC(=O)C(=O)Nc1ccc(C(C)C)cc1. The summed E-state index contributed by atoms with van der Waals surface area (Å²) in [5.41, 5.74) is 3.11. The van der Waals surface area contributed by atoms with Gasteiger partial charge in [-0.15, -0.1) is 0 Å². The highest BCUT2D eigenvalue weighted by molar-refractivity contribution is 6.43. The number of aryl methyl sites for hydroxylation is 1. The first-order valence-electron chi connectivity index (χ1n) is 7.35. The van der Waals surface area contributed by atoms with E-state index >= 15 is 0 Å². The van der Waals surface area contributed by atoms with Crippen molar-refractivity contribution in [1.82, 2.24) is 0 Å². The third kappa shape index (κ3) is 4.57. The Morgan fingerprint density at radius 2 is 1.57 bits per heavy atom. The third-order valence-corrected chi connectivity index (χ3v) is 3.71. The first-order chi connectivity index (χ1) is 10.9. The van der Waals surface area contributed by atoms with E-state index in [0.29, 0.717) is 22.3 Å². The Labute approximate surface area is 140 Å². The predicted molar refractivity (Wildman–Crippen MR) is 94.0 cm³/mol. The van der Waals surface area contributed by atoms with Gasteiger partial charge in [-0.3, -0.25) is 9.59 Å². The zero-order chi connectivity index (χ0) is 17.0. The Morgan fingerprint density at radius 1 is 0.957 bits per heavy atom. The largest absolute Gasteiger partial charge is 0.318 e. The Balaban J connectivity index is 2.01. The highest BCUT2D eigenvalue weighted by Crippen LogP contribution is 2.20. The molecule has 0 radical (unpaired) electrons. The van der Waals surface area contributed by atoms with E-state index in [0.717, 1.165) is 5.56 Å². The van der Waals surface area contributed by atoms with Gasteiger partial charge in [-0.05, 0) is 54.3 Å². The van der Waals surface area contributed by atoms with Crippen molar-refractivity contribution in [3.05, 3.63) is 58.6 Å². The van der Waals surface area contributed by atoms with Crippen LogP contribution < -0.4 is 10.6 Å². The van der Waals surface area contributed by atoms with Crippen molar-refractivity contribution in [1.29, 1.82) is 0 Å². The molecule has 2 N–H and O–H groups in total. The smallest absolute Gasteiger partial charge is 0.314 e. The molecule has 0 saturated heterocycles. The molecule has 0 atom stereocenters. The molecule has 2 amide bonds. The van der Waals surface area contributed by atoms with Crippen molar-refractivity contribution in [2.75, 3.05) is 10.6 Å². The highest BCUT2D eigenvalue weighted by atomic mass is 35.5. The average molecular weight is 331 g/mol. The van der Waals surface area contributed by atoms with Crippen LogP contribution in [0, 0.1) is 6.92 Å². The minimum Gasteiger partial charge on any atom is -0.318 e. The van der Waals surface area contributed by atoms with Gasteiger partial charge in [-0.25, -0.2) is 0 Å². The molecule has 23 heavy (non-hydrogen) atoms. The van der Waals surface area contributed by atoms with Crippen LogP contribution in [0.3, 0.4) is 0 Å². The van der Waals surface area contributed by atoms with Gasteiger partial charge in [0.05, 0.1) is 0 Å². The Kier molecular flexibility index (Phi) is 5.40. The summed E-state index contributed by atoms with van der Waals surface area (Å²) in [5, 5.41) is 5.74. The standard InChI is InChI=1S/C18H19ClN2O2/c1-11(2)13-4-7-15(8-5-13)20-17(22)18(23)21-16-9-6-14(19)10-12(16)3/h4-11H,1-3H3,(H,20,22)(H,21,23). The molecule has 2 aromatic rings. The fraction of sp³-hybridized carbons (Fsp3) is 0.222. The van der Waals surface area contributed by atoms with E-state index < -0.39 is 11.8 Å². The zero-order valence-electron chi connectivity index (χ0n) is 13.3. The molecule has 0 saturated carbocycles. The maximum atomic E-state index is 12.0. The van der Waals surface area contributed by atoms with Gasteiger partial charge in [0.2, 0.25) is 0 Å². The van der Waals surface area contributed by atoms with Crippen molar-refractivity contribution in [3.8, 4) is 0 Å². The molecule has 0 aliphatic carbocycles. The molecule has 0 aliphatic heterocycles. The van der Waals surface area contributed by atoms with E-state index in [1.54, 1.807) is 30.3 Å². The van der Waals surface area contributed by atoms with E-state index in [4.69, 9.17) is 11.6 Å². The van der Waals surface area contributed by atoms with Crippen molar-refractivity contribution in [3.63, 3.8) is 0 Å². The van der Waals surface area contributed by atoms with Gasteiger partial charge in [0.15, 0.2) is 0 Å². The number of rotatable bonds is 3. The molecule has 0 aromatic heterocycles. The molecular formula is C18H19ClN2O2. The van der Waals surface area contributed by atoms with Crippen LogP contribution in [0.5, 0.6) is 0 Å². The maximum Gasteiger partial charge on any atom is 0.314 e. The zero-order valence-corrected chi connectivity index (χ0v) is 14.1. The summed E-state index contributed by atoms with van der Waals surface area (Å²) in [6, 6.07) is 12.5. The molecule has 2 rings (SSSR count). The van der Waals surface area contributed by atoms with Crippen LogP contribution >= 0.6 is 11.6 Å². The van der Waals surface area contributed by atoms with Crippen LogP contribution in [0.15, 0.2) is 42.5 Å². The number of halogens is 1. The number of anilines is 2. The lowest BCUT2D eigenvalue weighted by Gasteiger charge is -2.10. The first-order valence-corrected chi connectivity index (χ1v) is 7.73. The summed E-state index contributed by atoms with van der Waals surface area (Å²) in [5.74, 6) is -1.02. The predicted octanol–water partition coefficient (Wildman–Crippen LogP) is 4.35. The molecule has 4 nitrogen and oxygen atoms in total. The van der Waals surface area contributed by atoms with E-state index in [1.165, 1.54) is 5.56 Å². The second-order valence-corrected chi connectivity index (χ2v) is 6.08. The van der Waals surface area contributed by atoms with Crippen LogP contribution in [-0.2, 0) is 9.59 Å². The van der Waals surface area contributed by atoms with Gasteiger partial charge in [0.25, 0.3) is 0 Å². The molecular weight excluding hydrogens is 312 g/mol. The van der Waals surface area contributed by atoms with Crippen LogP contribution in [0.4, 0.5) is 11.4 Å². The number of carbonyl (C=O) groups excluding carboxylic acids is 2. The summed E-state index contributed by atoms with van der Waals surface area (Å²) >= 11 is 5.87. The molecule has 0 spiro atoms. The molecule has 0 fully saturated rings. The van der Waals surface area contributed by atoms with E-state index in [-0.39, 0.29) is 0 Å². The molecule has 5 heteroatoms. The van der Waals surface area contributed by atoms with Crippen LogP contribution in [-0.4, -0.2) is 11.8 Å². The lowest BCUT2D eigenvalue weighted by molar-refractivity contribution is -0.133. The van der Waals surface area contributed by atoms with Crippen molar-refractivity contribution >= 4 is 34.8 Å². The number of hydrogen-bond donors (Lipinski definition) is 2. The van der Waals surface area contributed by atoms with Crippen LogP contribution in [0.1, 0.15) is 30.9 Å². The summed E-state index contributed by atoms with van der Waals surface area (Å²) in [4.78, 5) is 23.9. The van der Waals surface area contributed by atoms with Gasteiger partial charge in [-0.1, -0.05) is 37.6 Å². The number of amides is 2. The van der Waals surface area contributed by atoms with Gasteiger partial charge < -0.3 is 10.6 Å². The number of carbonyl (C=O) groups is 2. The topological polar surface area (TPSA) is 58.2 Å². The minimum atomic E-state index is -0.719. The van der Waals surface area contributed by atoms with E-state index in [9.17, 15) is 9.59 Å². The monoisotopic (exact) mass is 330 g/mol. The van der Waals surface area contributed by atoms with Crippen molar-refractivity contribution in [2.24, 2.45) is 0 Å².